The minimum atomic E-state index is -0.461. The molecular weight excluding hydrogens is 452 g/mol. The Bertz CT molecular complexity index is 1520. The summed E-state index contributed by atoms with van der Waals surface area (Å²) >= 11 is 0.815. The highest BCUT2D eigenvalue weighted by molar-refractivity contribution is 8.14. The number of ether oxygens (including phenoxy) is 1. The van der Waals surface area contributed by atoms with Crippen LogP contribution in [-0.4, -0.2) is 32.8 Å². The summed E-state index contributed by atoms with van der Waals surface area (Å²) in [5, 5.41) is 0.448. The van der Waals surface area contributed by atoms with Crippen LogP contribution in [0.15, 0.2) is 72.8 Å². The van der Waals surface area contributed by atoms with Crippen LogP contribution in [0.3, 0.4) is 0 Å². The van der Waals surface area contributed by atoms with E-state index in [1.165, 1.54) is 0 Å². The van der Waals surface area contributed by atoms with E-state index in [2.05, 4.69) is 15.6 Å². The lowest BCUT2D eigenvalue weighted by molar-refractivity contribution is -0.122. The third-order valence-electron chi connectivity index (χ3n) is 5.22. The van der Waals surface area contributed by atoms with Crippen LogP contribution < -0.4 is 20.3 Å². The largest absolute Gasteiger partial charge is 0.497 e. The molecule has 0 bridgehead atoms. The summed E-state index contributed by atoms with van der Waals surface area (Å²) in [4.78, 5) is 34.3. The first-order valence-corrected chi connectivity index (χ1v) is 11.2. The molecule has 170 valence electrons. The Labute approximate surface area is 198 Å². The van der Waals surface area contributed by atoms with Crippen molar-refractivity contribution in [1.82, 2.24) is 25.4 Å². The lowest BCUT2D eigenvalue weighted by Crippen LogP contribution is -2.41. The summed E-state index contributed by atoms with van der Waals surface area (Å²) in [6.07, 6.45) is 0. The van der Waals surface area contributed by atoms with E-state index in [1.54, 1.807) is 35.9 Å². The van der Waals surface area contributed by atoms with E-state index < -0.39 is 11.1 Å². The molecule has 2 aromatic heterocycles. The first-order chi connectivity index (χ1) is 16.6. The average molecular weight is 473 g/mol. The molecule has 0 aliphatic heterocycles. The number of methoxy groups -OCH3 is 1. The number of amides is 2. The van der Waals surface area contributed by atoms with Crippen molar-refractivity contribution in [2.45, 2.75) is 6.54 Å². The van der Waals surface area contributed by atoms with Crippen LogP contribution in [0.25, 0.3) is 33.1 Å². The molecule has 2 heterocycles. The van der Waals surface area contributed by atoms with Crippen LogP contribution in [0.5, 0.6) is 5.75 Å². The van der Waals surface area contributed by atoms with Crippen molar-refractivity contribution in [3.63, 3.8) is 0 Å². The van der Waals surface area contributed by atoms with Crippen LogP contribution in [0, 0.1) is 0 Å². The molecule has 0 atom stereocenters. The quantitative estimate of drug-likeness (QED) is 0.259. The second-order valence-corrected chi connectivity index (χ2v) is 8.16. The summed E-state index contributed by atoms with van der Waals surface area (Å²) in [5.74, 6) is 0.325. The number of carbonyl (C=O) groups is 2. The molecule has 9 nitrogen and oxygen atoms in total. The maximum atomic E-state index is 12.7. The number of benzene rings is 3. The van der Waals surface area contributed by atoms with E-state index in [9.17, 15) is 9.59 Å². The molecule has 0 unspecified atom stereocenters. The van der Waals surface area contributed by atoms with Gasteiger partial charge in [0.2, 0.25) is 0 Å². The molecule has 3 aromatic carbocycles. The number of carbonyl (C=O) groups excluding carboxylic acids is 2. The number of para-hydroxylation sites is 3. The number of hydrogen-bond donors (Lipinski definition) is 3. The van der Waals surface area contributed by atoms with Crippen molar-refractivity contribution >= 4 is 61.9 Å². The molecule has 0 aliphatic carbocycles. The van der Waals surface area contributed by atoms with Crippen LogP contribution in [0.1, 0.15) is 0 Å². The molecule has 34 heavy (non-hydrogen) atoms. The van der Waals surface area contributed by atoms with Gasteiger partial charge in [0.15, 0.2) is 5.65 Å². The van der Waals surface area contributed by atoms with Crippen LogP contribution in [0.4, 0.5) is 10.5 Å². The normalized spacial score (nSPS) is 11.0. The maximum absolute atomic E-state index is 12.7. The Kier molecular flexibility index (Phi) is 5.88. The van der Waals surface area contributed by atoms with E-state index in [-0.39, 0.29) is 6.54 Å². The van der Waals surface area contributed by atoms with Gasteiger partial charge in [0.25, 0.3) is 5.91 Å². The first kappa shape index (κ1) is 21.5. The van der Waals surface area contributed by atoms with Crippen LogP contribution in [0.2, 0.25) is 0 Å². The second kappa shape index (κ2) is 9.28. The van der Waals surface area contributed by atoms with Gasteiger partial charge in [-0.3, -0.25) is 20.4 Å². The highest BCUT2D eigenvalue weighted by atomic mass is 32.2. The van der Waals surface area contributed by atoms with Gasteiger partial charge in [0.05, 0.1) is 23.7 Å². The summed E-state index contributed by atoms with van der Waals surface area (Å²) in [6.45, 7) is -0.0338. The number of aromatic nitrogens is 3. The topological polar surface area (TPSA) is 110 Å². The molecular formula is C24H20N6O3S. The number of rotatable bonds is 5. The summed E-state index contributed by atoms with van der Waals surface area (Å²) in [6, 6.07) is 22.4. The highest BCUT2D eigenvalue weighted by Crippen LogP contribution is 2.28. The van der Waals surface area contributed by atoms with Crippen molar-refractivity contribution in [2.75, 3.05) is 11.8 Å². The minimum absolute atomic E-state index is 0.0338. The van der Waals surface area contributed by atoms with Crippen molar-refractivity contribution in [2.24, 2.45) is 0 Å². The predicted octanol–water partition coefficient (Wildman–Crippen LogP) is 4.25. The molecule has 10 heteroatoms. The fourth-order valence-electron chi connectivity index (χ4n) is 3.64. The van der Waals surface area contributed by atoms with Crippen molar-refractivity contribution in [1.29, 1.82) is 0 Å². The molecule has 3 N–H and O–H groups in total. The van der Waals surface area contributed by atoms with Gasteiger partial charge in [0, 0.05) is 23.0 Å². The summed E-state index contributed by atoms with van der Waals surface area (Å²) < 4.78 is 9.81. The number of anilines is 1. The van der Waals surface area contributed by atoms with Gasteiger partial charge in [-0.25, -0.2) is 9.97 Å². The maximum Gasteiger partial charge on any atom is 0.317 e. The molecule has 2 amide bonds. The number of hydrazine groups is 1. The van der Waals surface area contributed by atoms with Gasteiger partial charge in [-0.1, -0.05) is 30.3 Å². The lowest BCUT2D eigenvalue weighted by atomic mass is 10.2. The van der Waals surface area contributed by atoms with Gasteiger partial charge >= 0.3 is 5.24 Å². The zero-order valence-electron chi connectivity index (χ0n) is 18.1. The monoisotopic (exact) mass is 472 g/mol. The first-order valence-electron chi connectivity index (χ1n) is 10.4. The zero-order valence-corrected chi connectivity index (χ0v) is 18.9. The lowest BCUT2D eigenvalue weighted by Gasteiger charge is -2.10. The standard InChI is InChI=1S/C24H20N6O3S/c1-33-16-12-10-15(11-13-16)29-34-24(32)28-27-21(31)14-30-20-9-5-2-6-17(20)22-23(30)26-19-8-4-3-7-18(19)25-22/h2-13,29H,14H2,1H3,(H,27,31)(H,28,32). The number of fused-ring (bicyclic) bond motifs is 4. The zero-order chi connectivity index (χ0) is 23.5. The SMILES string of the molecule is COc1ccc(NSC(=O)NNC(=O)Cn2c3ccccc3c3nc4ccccc4nc32)cc1. The predicted molar refractivity (Wildman–Crippen MR) is 133 cm³/mol. The second-order valence-electron chi connectivity index (χ2n) is 7.38. The Morgan fingerprint density at radius 2 is 1.62 bits per heavy atom. The summed E-state index contributed by atoms with van der Waals surface area (Å²) in [5.41, 5.74) is 9.29. The molecule has 0 radical (unpaired) electrons. The van der Waals surface area contributed by atoms with Gasteiger partial charge in [-0.15, -0.1) is 0 Å². The smallest absolute Gasteiger partial charge is 0.317 e. The fraction of sp³-hybridized carbons (Fsp3) is 0.0833. The van der Waals surface area contributed by atoms with E-state index in [4.69, 9.17) is 14.7 Å². The van der Waals surface area contributed by atoms with E-state index in [0.29, 0.717) is 5.65 Å². The highest BCUT2D eigenvalue weighted by Gasteiger charge is 2.16. The third kappa shape index (κ3) is 4.30. The molecule has 0 fully saturated rings. The van der Waals surface area contributed by atoms with E-state index >= 15 is 0 Å². The number of nitrogens with zero attached hydrogens (tertiary/aromatic N) is 3. The summed E-state index contributed by atoms with van der Waals surface area (Å²) in [7, 11) is 1.58. The Hall–Kier alpha value is -4.31. The van der Waals surface area contributed by atoms with Crippen LogP contribution in [-0.2, 0) is 11.3 Å². The Balaban J connectivity index is 1.29. The Morgan fingerprint density at radius 1 is 0.912 bits per heavy atom. The number of hydrogen-bond acceptors (Lipinski definition) is 7. The third-order valence-corrected chi connectivity index (χ3v) is 5.84. The average Bonchev–Trinajstić information content (AvgIpc) is 3.17. The molecule has 5 rings (SSSR count). The minimum Gasteiger partial charge on any atom is -0.497 e. The van der Waals surface area contributed by atoms with Crippen molar-refractivity contribution in [3.05, 3.63) is 72.8 Å². The van der Waals surface area contributed by atoms with Gasteiger partial charge in [0.1, 0.15) is 17.8 Å². The van der Waals surface area contributed by atoms with Crippen molar-refractivity contribution in [3.8, 4) is 5.75 Å². The van der Waals surface area contributed by atoms with Crippen LogP contribution >= 0.6 is 11.9 Å². The molecule has 0 spiro atoms. The van der Waals surface area contributed by atoms with Crippen molar-refractivity contribution < 1.29 is 14.3 Å². The Morgan fingerprint density at radius 3 is 2.38 bits per heavy atom. The van der Waals surface area contributed by atoms with E-state index in [0.717, 1.165) is 50.8 Å². The molecule has 0 saturated heterocycles. The van der Waals surface area contributed by atoms with E-state index in [1.807, 2.05) is 48.5 Å². The molecule has 5 aromatic rings. The van der Waals surface area contributed by atoms with Gasteiger partial charge in [-0.2, -0.15) is 0 Å². The van der Waals surface area contributed by atoms with Gasteiger partial charge in [-0.05, 0) is 42.5 Å². The molecule has 0 saturated carbocycles. The molecule has 0 aliphatic rings. The number of nitrogens with one attached hydrogen (secondary N) is 3. The van der Waals surface area contributed by atoms with Gasteiger partial charge < -0.3 is 14.0 Å². The fourth-order valence-corrected chi connectivity index (χ4v) is 4.09.